The molecule has 92 valence electrons. The van der Waals surface area contributed by atoms with Crippen molar-refractivity contribution in [3.63, 3.8) is 0 Å². The quantitative estimate of drug-likeness (QED) is 0.644. The van der Waals surface area contributed by atoms with Crippen LogP contribution in [-0.2, 0) is 16.0 Å². The van der Waals surface area contributed by atoms with E-state index in [1.165, 1.54) is 17.8 Å². The van der Waals surface area contributed by atoms with Crippen LogP contribution in [0.15, 0.2) is 23.1 Å². The summed E-state index contributed by atoms with van der Waals surface area (Å²) in [6, 6.07) is 4.98. The molecule has 1 N–H and O–H groups in total. The first-order valence-corrected chi connectivity index (χ1v) is 6.36. The number of hydrogen-bond donors (Lipinski definition) is 1. The molecular formula is C12H14O4S. The lowest BCUT2D eigenvalue weighted by atomic mass is 10.1. The van der Waals surface area contributed by atoms with Gasteiger partial charge in [-0.15, -0.1) is 11.8 Å². The molecule has 5 heteroatoms. The van der Waals surface area contributed by atoms with Crippen LogP contribution in [-0.4, -0.2) is 29.9 Å². The van der Waals surface area contributed by atoms with Crippen LogP contribution in [0.5, 0.6) is 0 Å². The van der Waals surface area contributed by atoms with Crippen molar-refractivity contribution in [1.82, 2.24) is 0 Å². The minimum atomic E-state index is -0.986. The fourth-order valence-electron chi connectivity index (χ4n) is 1.41. The Bertz CT molecular complexity index is 429. The van der Waals surface area contributed by atoms with E-state index in [0.717, 1.165) is 0 Å². The molecule has 0 unspecified atom stereocenters. The SMILES string of the molecule is CCOC(=O)Cc1ccc(SC)c(C(=O)O)c1. The number of benzene rings is 1. The van der Waals surface area contributed by atoms with Gasteiger partial charge in [0, 0.05) is 4.90 Å². The predicted molar refractivity (Wildman–Crippen MR) is 65.5 cm³/mol. The maximum Gasteiger partial charge on any atom is 0.336 e. The topological polar surface area (TPSA) is 63.6 Å². The molecule has 0 aliphatic heterocycles. The third kappa shape index (κ3) is 3.78. The smallest absolute Gasteiger partial charge is 0.336 e. The number of ether oxygens (including phenoxy) is 1. The summed E-state index contributed by atoms with van der Waals surface area (Å²) >= 11 is 1.36. The first kappa shape index (κ1) is 13.6. The van der Waals surface area contributed by atoms with Crippen molar-refractivity contribution in [2.75, 3.05) is 12.9 Å². The predicted octanol–water partition coefficient (Wildman–Crippen LogP) is 2.21. The van der Waals surface area contributed by atoms with Crippen LogP contribution in [0, 0.1) is 0 Å². The van der Waals surface area contributed by atoms with Gasteiger partial charge < -0.3 is 9.84 Å². The van der Waals surface area contributed by atoms with Gasteiger partial charge in [-0.1, -0.05) is 6.07 Å². The molecule has 0 fully saturated rings. The zero-order valence-electron chi connectivity index (χ0n) is 9.73. The fourth-order valence-corrected chi connectivity index (χ4v) is 1.98. The molecule has 4 nitrogen and oxygen atoms in total. The molecule has 0 spiro atoms. The average molecular weight is 254 g/mol. The molecule has 0 bridgehead atoms. The van der Waals surface area contributed by atoms with E-state index >= 15 is 0 Å². The number of thioether (sulfide) groups is 1. The van der Waals surface area contributed by atoms with Gasteiger partial charge in [-0.2, -0.15) is 0 Å². The summed E-state index contributed by atoms with van der Waals surface area (Å²) < 4.78 is 4.81. The zero-order chi connectivity index (χ0) is 12.8. The minimum absolute atomic E-state index is 0.1000. The van der Waals surface area contributed by atoms with E-state index in [1.54, 1.807) is 19.1 Å². The lowest BCUT2D eigenvalue weighted by molar-refractivity contribution is -0.142. The highest BCUT2D eigenvalue weighted by molar-refractivity contribution is 7.98. The summed E-state index contributed by atoms with van der Waals surface area (Å²) in [6.45, 7) is 2.06. The third-order valence-electron chi connectivity index (χ3n) is 2.15. The van der Waals surface area contributed by atoms with Crippen LogP contribution in [0.3, 0.4) is 0 Å². The molecule has 1 rings (SSSR count). The fraction of sp³-hybridized carbons (Fsp3) is 0.333. The second-order valence-corrected chi connectivity index (χ2v) is 4.17. The highest BCUT2D eigenvalue weighted by atomic mass is 32.2. The first-order chi connectivity index (χ1) is 8.08. The van der Waals surface area contributed by atoms with Crippen molar-refractivity contribution in [2.24, 2.45) is 0 Å². The molecule has 0 amide bonds. The molecule has 0 atom stereocenters. The summed E-state index contributed by atoms with van der Waals surface area (Å²) in [5.74, 6) is -1.33. The normalized spacial score (nSPS) is 10.0. The zero-order valence-corrected chi connectivity index (χ0v) is 10.5. The Morgan fingerprint density at radius 3 is 2.65 bits per heavy atom. The van der Waals surface area contributed by atoms with Gasteiger partial charge in [0.2, 0.25) is 0 Å². The van der Waals surface area contributed by atoms with Gasteiger partial charge in [-0.25, -0.2) is 4.79 Å². The maximum absolute atomic E-state index is 11.3. The Labute approximate surface area is 104 Å². The molecule has 0 aromatic heterocycles. The van der Waals surface area contributed by atoms with Gasteiger partial charge in [-0.3, -0.25) is 4.79 Å². The Morgan fingerprint density at radius 1 is 1.41 bits per heavy atom. The van der Waals surface area contributed by atoms with Gasteiger partial charge in [0.25, 0.3) is 0 Å². The lowest BCUT2D eigenvalue weighted by Gasteiger charge is -2.06. The molecule has 0 saturated carbocycles. The van der Waals surface area contributed by atoms with Gasteiger partial charge in [-0.05, 0) is 30.9 Å². The van der Waals surface area contributed by atoms with Gasteiger partial charge >= 0.3 is 11.9 Å². The van der Waals surface area contributed by atoms with Crippen LogP contribution in [0.1, 0.15) is 22.8 Å². The van der Waals surface area contributed by atoms with Crippen molar-refractivity contribution >= 4 is 23.7 Å². The average Bonchev–Trinajstić information content (AvgIpc) is 2.29. The van der Waals surface area contributed by atoms with Gasteiger partial charge in [0.15, 0.2) is 0 Å². The second-order valence-electron chi connectivity index (χ2n) is 3.32. The van der Waals surface area contributed by atoms with E-state index in [1.807, 2.05) is 6.26 Å². The third-order valence-corrected chi connectivity index (χ3v) is 2.94. The van der Waals surface area contributed by atoms with Crippen LogP contribution >= 0.6 is 11.8 Å². The van der Waals surface area contributed by atoms with E-state index in [2.05, 4.69) is 0 Å². The number of aromatic carboxylic acids is 1. The Kier molecular flexibility index (Phi) is 5.03. The highest BCUT2D eigenvalue weighted by Gasteiger charge is 2.12. The lowest BCUT2D eigenvalue weighted by Crippen LogP contribution is -2.08. The molecular weight excluding hydrogens is 240 g/mol. The summed E-state index contributed by atoms with van der Waals surface area (Å²) in [7, 11) is 0. The monoisotopic (exact) mass is 254 g/mol. The number of carboxylic acids is 1. The van der Waals surface area contributed by atoms with Crippen molar-refractivity contribution in [2.45, 2.75) is 18.2 Å². The van der Waals surface area contributed by atoms with Crippen LogP contribution in [0.4, 0.5) is 0 Å². The molecule has 0 saturated heterocycles. The molecule has 0 aliphatic rings. The van der Waals surface area contributed by atoms with Gasteiger partial charge in [0.05, 0.1) is 18.6 Å². The largest absolute Gasteiger partial charge is 0.478 e. The Hall–Kier alpha value is -1.49. The number of esters is 1. The van der Waals surface area contributed by atoms with Crippen molar-refractivity contribution in [3.8, 4) is 0 Å². The van der Waals surface area contributed by atoms with Crippen molar-refractivity contribution in [1.29, 1.82) is 0 Å². The van der Waals surface area contributed by atoms with E-state index in [9.17, 15) is 9.59 Å². The van der Waals surface area contributed by atoms with Crippen molar-refractivity contribution < 1.29 is 19.4 Å². The molecule has 0 aliphatic carbocycles. The van der Waals surface area contributed by atoms with E-state index < -0.39 is 5.97 Å². The molecule has 17 heavy (non-hydrogen) atoms. The molecule has 1 aromatic rings. The summed E-state index contributed by atoms with van der Waals surface area (Å²) in [5, 5.41) is 9.03. The van der Waals surface area contributed by atoms with Crippen LogP contribution in [0.2, 0.25) is 0 Å². The molecule has 0 heterocycles. The second kappa shape index (κ2) is 6.30. The number of carboxylic acid groups (broad SMARTS) is 1. The molecule has 0 radical (unpaired) electrons. The minimum Gasteiger partial charge on any atom is -0.478 e. The number of carbonyl (C=O) groups is 2. The number of carbonyl (C=O) groups excluding carboxylic acids is 1. The van der Waals surface area contributed by atoms with E-state index in [4.69, 9.17) is 9.84 Å². The number of rotatable bonds is 5. The maximum atomic E-state index is 11.3. The van der Waals surface area contributed by atoms with Crippen molar-refractivity contribution in [3.05, 3.63) is 29.3 Å². The van der Waals surface area contributed by atoms with E-state index in [0.29, 0.717) is 17.1 Å². The Balaban J connectivity index is 2.92. The van der Waals surface area contributed by atoms with Crippen LogP contribution in [0.25, 0.3) is 0 Å². The van der Waals surface area contributed by atoms with Gasteiger partial charge in [0.1, 0.15) is 0 Å². The highest BCUT2D eigenvalue weighted by Crippen LogP contribution is 2.22. The first-order valence-electron chi connectivity index (χ1n) is 5.14. The summed E-state index contributed by atoms with van der Waals surface area (Å²) in [4.78, 5) is 23.0. The molecule has 1 aromatic carbocycles. The Morgan fingerprint density at radius 2 is 2.12 bits per heavy atom. The summed E-state index contributed by atoms with van der Waals surface area (Å²) in [6.07, 6.45) is 1.91. The van der Waals surface area contributed by atoms with E-state index in [-0.39, 0.29) is 18.0 Å². The number of hydrogen-bond acceptors (Lipinski definition) is 4. The standard InChI is InChI=1S/C12H14O4S/c1-3-16-11(13)7-8-4-5-10(17-2)9(6-8)12(14)15/h4-6H,3,7H2,1-2H3,(H,14,15). The summed E-state index contributed by atoms with van der Waals surface area (Å²) in [5.41, 5.74) is 0.873. The van der Waals surface area contributed by atoms with Crippen LogP contribution < -0.4 is 0 Å².